The molecule has 3 aromatic carbocycles. The van der Waals surface area contributed by atoms with Crippen molar-refractivity contribution in [3.63, 3.8) is 0 Å². The first-order valence-corrected chi connectivity index (χ1v) is 19.7. The number of amides is 2. The SMILES string of the molecule is CO/N=C1\C(=O)N(CCCOC(=O)c2cn(C3CC3)c3cc(N4CCN(CCCN5C(=O)/C(=N/OC)c6cc(C)ccc65)CC4)c(F)cc3c2=O)c2ccc(C)cc21. The summed E-state index contributed by atoms with van der Waals surface area (Å²) < 4.78 is 23.4. The van der Waals surface area contributed by atoms with Crippen LogP contribution in [0.4, 0.5) is 21.5 Å². The molecule has 4 aromatic rings. The van der Waals surface area contributed by atoms with Crippen LogP contribution in [-0.2, 0) is 24.0 Å². The van der Waals surface area contributed by atoms with Crippen LogP contribution in [0.5, 0.6) is 0 Å². The molecule has 2 amide bonds. The van der Waals surface area contributed by atoms with E-state index in [1.165, 1.54) is 20.3 Å². The van der Waals surface area contributed by atoms with Gasteiger partial charge in [0.05, 0.1) is 29.2 Å². The van der Waals surface area contributed by atoms with Gasteiger partial charge in [-0.05, 0) is 82.5 Å². The highest BCUT2D eigenvalue weighted by Crippen LogP contribution is 2.38. The Hall–Kier alpha value is -6.09. The van der Waals surface area contributed by atoms with Crippen LogP contribution in [-0.4, -0.2) is 105 Å². The summed E-state index contributed by atoms with van der Waals surface area (Å²) in [5, 5.41) is 8.06. The Balaban J connectivity index is 0.897. The maximum atomic E-state index is 15.9. The quantitative estimate of drug-likeness (QED) is 0.105. The number of oxime groups is 2. The number of carbonyl (C=O) groups is 3. The van der Waals surface area contributed by atoms with Gasteiger partial charge in [-0.2, -0.15) is 0 Å². The van der Waals surface area contributed by atoms with Crippen LogP contribution < -0.4 is 20.1 Å². The number of fused-ring (bicyclic) bond motifs is 3. The molecular weight excluding hydrogens is 746 g/mol. The summed E-state index contributed by atoms with van der Waals surface area (Å²) in [5.74, 6) is -1.79. The number of benzene rings is 3. The minimum absolute atomic E-state index is 0.0328. The molecule has 1 saturated carbocycles. The molecule has 0 unspecified atom stereocenters. The molecule has 2 fully saturated rings. The monoisotopic (exact) mass is 791 g/mol. The van der Waals surface area contributed by atoms with E-state index < -0.39 is 17.2 Å². The number of hydrogen-bond acceptors (Lipinski definition) is 11. The molecule has 1 saturated heterocycles. The van der Waals surface area contributed by atoms with E-state index in [1.807, 2.05) is 59.7 Å². The van der Waals surface area contributed by atoms with Gasteiger partial charge in [0.25, 0.3) is 11.8 Å². The van der Waals surface area contributed by atoms with Crippen LogP contribution in [0.25, 0.3) is 10.9 Å². The van der Waals surface area contributed by atoms with Gasteiger partial charge in [-0.15, -0.1) is 0 Å². The number of rotatable bonds is 13. The van der Waals surface area contributed by atoms with Crippen LogP contribution in [0.3, 0.4) is 0 Å². The van der Waals surface area contributed by atoms with Crippen molar-refractivity contribution < 1.29 is 33.2 Å². The van der Waals surface area contributed by atoms with Gasteiger partial charge in [0, 0.05) is 68.0 Å². The van der Waals surface area contributed by atoms with Crippen molar-refractivity contribution in [3.05, 3.63) is 98.6 Å². The second kappa shape index (κ2) is 16.0. The topological polar surface area (TPSA) is 139 Å². The van der Waals surface area contributed by atoms with Crippen LogP contribution in [0.1, 0.15) is 64.3 Å². The minimum atomic E-state index is -0.788. The third-order valence-corrected chi connectivity index (χ3v) is 11.2. The number of anilines is 3. The lowest BCUT2D eigenvalue weighted by molar-refractivity contribution is -0.113. The highest BCUT2D eigenvalue weighted by atomic mass is 19.1. The van der Waals surface area contributed by atoms with Gasteiger partial charge in [0.2, 0.25) is 5.43 Å². The van der Waals surface area contributed by atoms with Crippen LogP contribution in [0.15, 0.2) is 69.8 Å². The van der Waals surface area contributed by atoms with E-state index in [0.29, 0.717) is 67.3 Å². The second-order valence-electron chi connectivity index (χ2n) is 15.2. The molecule has 1 aromatic heterocycles. The molecule has 4 heterocycles. The number of halogens is 1. The molecule has 0 radical (unpaired) electrons. The number of nitrogens with zero attached hydrogens (tertiary/aromatic N) is 7. The Labute approximate surface area is 335 Å². The van der Waals surface area contributed by atoms with Crippen LogP contribution in [0.2, 0.25) is 0 Å². The maximum Gasteiger partial charge on any atom is 0.343 e. The third-order valence-electron chi connectivity index (χ3n) is 11.2. The van der Waals surface area contributed by atoms with E-state index >= 15 is 4.39 Å². The molecule has 14 nitrogen and oxygen atoms in total. The maximum absolute atomic E-state index is 15.9. The summed E-state index contributed by atoms with van der Waals surface area (Å²) in [7, 11) is 2.82. The van der Waals surface area contributed by atoms with E-state index in [0.717, 1.165) is 48.2 Å². The number of esters is 1. The lowest BCUT2D eigenvalue weighted by atomic mass is 10.1. The molecular formula is C43H46FN7O7. The van der Waals surface area contributed by atoms with Gasteiger partial charge < -0.3 is 33.7 Å². The molecule has 0 N–H and O–H groups in total. The van der Waals surface area contributed by atoms with Crippen molar-refractivity contribution in [3.8, 4) is 0 Å². The smallest absolute Gasteiger partial charge is 0.343 e. The summed E-state index contributed by atoms with van der Waals surface area (Å²) >= 11 is 0. The predicted molar refractivity (Wildman–Crippen MR) is 219 cm³/mol. The molecule has 0 spiro atoms. The molecule has 302 valence electrons. The Morgan fingerprint density at radius 3 is 1.91 bits per heavy atom. The zero-order valence-corrected chi connectivity index (χ0v) is 33.1. The van der Waals surface area contributed by atoms with Gasteiger partial charge in [-0.3, -0.25) is 19.3 Å². The molecule has 4 aliphatic rings. The fourth-order valence-corrected chi connectivity index (χ4v) is 8.19. The zero-order valence-electron chi connectivity index (χ0n) is 33.1. The molecule has 1 aliphatic carbocycles. The number of hydrogen-bond donors (Lipinski definition) is 0. The highest BCUT2D eigenvalue weighted by Gasteiger charge is 2.36. The molecule has 0 atom stereocenters. The fourth-order valence-electron chi connectivity index (χ4n) is 8.19. The summed E-state index contributed by atoms with van der Waals surface area (Å²) in [5.41, 5.74) is 5.80. The number of aryl methyl sites for hydroxylation is 2. The second-order valence-corrected chi connectivity index (χ2v) is 15.2. The number of carbonyl (C=O) groups excluding carboxylic acids is 3. The Kier molecular flexibility index (Phi) is 10.7. The predicted octanol–water partition coefficient (Wildman–Crippen LogP) is 4.95. The summed E-state index contributed by atoms with van der Waals surface area (Å²) in [4.78, 5) is 70.9. The van der Waals surface area contributed by atoms with Crippen molar-refractivity contribution in [1.82, 2.24) is 9.47 Å². The van der Waals surface area contributed by atoms with Gasteiger partial charge in [-0.1, -0.05) is 33.6 Å². The Morgan fingerprint density at radius 2 is 1.34 bits per heavy atom. The molecule has 58 heavy (non-hydrogen) atoms. The van der Waals surface area contributed by atoms with Crippen LogP contribution >= 0.6 is 0 Å². The van der Waals surface area contributed by atoms with E-state index in [4.69, 9.17) is 14.4 Å². The fraction of sp³-hybridized carbons (Fsp3) is 0.395. The van der Waals surface area contributed by atoms with Gasteiger partial charge in [-0.25, -0.2) is 9.18 Å². The first-order chi connectivity index (χ1) is 28.1. The Bertz CT molecular complexity index is 2430. The van der Waals surface area contributed by atoms with E-state index in [-0.39, 0.29) is 47.7 Å². The highest BCUT2D eigenvalue weighted by molar-refractivity contribution is 6.55. The number of pyridine rings is 1. The standard InChI is InChI=1S/C43H46FN7O7/c1-26-7-11-34-29(21-26)38(45-56-3)41(53)49(34)14-5-13-47-16-18-48(19-17-47)37-24-36-31(23-33(37)44)40(52)32(25-51(36)28-9-10-28)43(55)58-20-6-15-50-35-12-8-27(2)22-30(35)39(42(50)54)46-57-4/h7-8,11-12,21-25,28H,5-6,9-10,13-20H2,1-4H3/b45-38+,46-39-. The van der Waals surface area contributed by atoms with Gasteiger partial charge in [0.1, 0.15) is 25.6 Å². The largest absolute Gasteiger partial charge is 0.462 e. The van der Waals surface area contributed by atoms with Crippen molar-refractivity contribution in [2.45, 2.75) is 45.6 Å². The van der Waals surface area contributed by atoms with E-state index in [9.17, 15) is 19.2 Å². The summed E-state index contributed by atoms with van der Waals surface area (Å²) in [6.45, 7) is 8.02. The van der Waals surface area contributed by atoms with Gasteiger partial charge in [0.15, 0.2) is 11.4 Å². The van der Waals surface area contributed by atoms with Crippen molar-refractivity contribution in [1.29, 1.82) is 0 Å². The molecule has 8 rings (SSSR count). The molecule has 3 aliphatic heterocycles. The van der Waals surface area contributed by atoms with Crippen molar-refractivity contribution >= 4 is 57.2 Å². The number of piperazine rings is 1. The zero-order chi connectivity index (χ0) is 40.7. The first kappa shape index (κ1) is 38.8. The molecule has 0 bridgehead atoms. The average molecular weight is 792 g/mol. The lowest BCUT2D eigenvalue weighted by Crippen LogP contribution is -2.47. The van der Waals surface area contributed by atoms with E-state index in [1.54, 1.807) is 22.1 Å². The summed E-state index contributed by atoms with van der Waals surface area (Å²) in [6.07, 6.45) is 4.38. The first-order valence-electron chi connectivity index (χ1n) is 19.7. The average Bonchev–Trinajstić information content (AvgIpc) is 3.99. The number of ether oxygens (including phenoxy) is 1. The van der Waals surface area contributed by atoms with Crippen molar-refractivity contribution in [2.24, 2.45) is 10.3 Å². The van der Waals surface area contributed by atoms with E-state index in [2.05, 4.69) is 15.2 Å². The lowest BCUT2D eigenvalue weighted by Gasteiger charge is -2.36. The normalized spacial score (nSPS) is 18.1. The molecule has 15 heteroatoms. The Morgan fingerprint density at radius 1 is 0.759 bits per heavy atom. The third kappa shape index (κ3) is 7.30. The number of aromatic nitrogens is 1. The summed E-state index contributed by atoms with van der Waals surface area (Å²) in [6, 6.07) is 14.6. The minimum Gasteiger partial charge on any atom is -0.462 e. The van der Waals surface area contributed by atoms with Gasteiger partial charge >= 0.3 is 5.97 Å². The van der Waals surface area contributed by atoms with Crippen LogP contribution in [0, 0.1) is 19.7 Å². The van der Waals surface area contributed by atoms with Crippen molar-refractivity contribution in [2.75, 3.05) is 81.3 Å².